The first-order valence-electron chi connectivity index (χ1n) is 6.42. The summed E-state index contributed by atoms with van der Waals surface area (Å²) < 4.78 is 11.7. The van der Waals surface area contributed by atoms with Crippen LogP contribution in [0, 0.1) is 0 Å². The van der Waals surface area contributed by atoms with Gasteiger partial charge in [-0.3, -0.25) is 0 Å². The Kier molecular flexibility index (Phi) is 2.29. The minimum atomic E-state index is -0.405. The highest BCUT2D eigenvalue weighted by Crippen LogP contribution is 2.46. The Morgan fingerprint density at radius 1 is 1.11 bits per heavy atom. The summed E-state index contributed by atoms with van der Waals surface area (Å²) in [6, 6.07) is 3.90. The van der Waals surface area contributed by atoms with Crippen LogP contribution in [0.25, 0.3) is 11.1 Å². The van der Waals surface area contributed by atoms with Crippen molar-refractivity contribution in [1.82, 2.24) is 15.0 Å². The Bertz CT molecular complexity index is 624. The number of hydrogen-bond acceptors (Lipinski definition) is 5. The monoisotopic (exact) mass is 255 g/mol. The highest BCUT2D eigenvalue weighted by atomic mass is 16.5. The maximum absolute atomic E-state index is 6.21. The van der Waals surface area contributed by atoms with Gasteiger partial charge in [0, 0.05) is 36.4 Å². The van der Waals surface area contributed by atoms with E-state index < -0.39 is 5.60 Å². The third-order valence-electron chi connectivity index (χ3n) is 3.80. The number of ether oxygens (including phenoxy) is 2. The molecule has 0 radical (unpaired) electrons. The molecule has 2 aromatic rings. The third-order valence-corrected chi connectivity index (χ3v) is 3.80. The van der Waals surface area contributed by atoms with Crippen molar-refractivity contribution in [1.29, 1.82) is 0 Å². The topological polar surface area (TPSA) is 57.1 Å². The van der Waals surface area contributed by atoms with Crippen molar-refractivity contribution in [3.8, 4) is 17.0 Å². The molecule has 19 heavy (non-hydrogen) atoms. The molecule has 0 bridgehead atoms. The van der Waals surface area contributed by atoms with Crippen molar-refractivity contribution < 1.29 is 9.47 Å². The maximum atomic E-state index is 6.21. The van der Waals surface area contributed by atoms with E-state index in [2.05, 4.69) is 15.0 Å². The van der Waals surface area contributed by atoms with Gasteiger partial charge >= 0.3 is 0 Å². The summed E-state index contributed by atoms with van der Waals surface area (Å²) in [5.74, 6) is 0.673. The van der Waals surface area contributed by atoms with Crippen LogP contribution in [0.15, 0.2) is 30.9 Å². The second-order valence-electron chi connectivity index (χ2n) is 4.85. The van der Waals surface area contributed by atoms with E-state index in [0.717, 1.165) is 29.7 Å². The van der Waals surface area contributed by atoms with Crippen LogP contribution in [-0.2, 0) is 10.3 Å². The predicted molar refractivity (Wildman–Crippen MR) is 67.6 cm³/mol. The molecule has 0 atom stereocenters. The molecule has 96 valence electrons. The van der Waals surface area contributed by atoms with Crippen molar-refractivity contribution in [3.05, 3.63) is 36.5 Å². The first-order chi connectivity index (χ1) is 9.39. The number of pyridine rings is 1. The zero-order valence-electron chi connectivity index (χ0n) is 10.4. The summed E-state index contributed by atoms with van der Waals surface area (Å²) in [6.45, 7) is 1.37. The first-order valence-corrected chi connectivity index (χ1v) is 6.42. The lowest BCUT2D eigenvalue weighted by Gasteiger charge is -2.40. The van der Waals surface area contributed by atoms with Crippen molar-refractivity contribution in [2.24, 2.45) is 0 Å². The molecule has 4 rings (SSSR count). The fourth-order valence-electron chi connectivity index (χ4n) is 2.84. The molecule has 0 saturated carbocycles. The van der Waals surface area contributed by atoms with Gasteiger partial charge in [-0.15, -0.1) is 0 Å². The van der Waals surface area contributed by atoms with Gasteiger partial charge in [0.1, 0.15) is 6.33 Å². The lowest BCUT2D eigenvalue weighted by atomic mass is 9.84. The third kappa shape index (κ3) is 1.55. The Morgan fingerprint density at radius 3 is 2.89 bits per heavy atom. The second kappa shape index (κ2) is 3.99. The zero-order valence-corrected chi connectivity index (χ0v) is 10.4. The normalized spacial score (nSPS) is 19.4. The molecule has 5 nitrogen and oxygen atoms in total. The molecule has 0 aliphatic carbocycles. The molecule has 0 unspecified atom stereocenters. The first kappa shape index (κ1) is 10.9. The average molecular weight is 255 g/mol. The van der Waals surface area contributed by atoms with Gasteiger partial charge < -0.3 is 9.47 Å². The van der Waals surface area contributed by atoms with Gasteiger partial charge in [0.2, 0.25) is 5.88 Å². The standard InChI is InChI=1S/C14H13N3O2/c1-2-10-11-8-15-9-17-12(11)14(3-6-18-7-4-14)19-13(10)16-5-1/h1-2,5,8-9H,3-4,6-7H2. The largest absolute Gasteiger partial charge is 0.464 e. The molecule has 2 aliphatic heterocycles. The minimum absolute atomic E-state index is 0.405. The van der Waals surface area contributed by atoms with E-state index in [-0.39, 0.29) is 0 Å². The molecule has 2 aliphatic rings. The molecule has 4 heterocycles. The number of hydrogen-bond donors (Lipinski definition) is 0. The van der Waals surface area contributed by atoms with Crippen LogP contribution in [0.5, 0.6) is 5.88 Å². The Morgan fingerprint density at radius 2 is 2.00 bits per heavy atom. The van der Waals surface area contributed by atoms with Crippen LogP contribution < -0.4 is 4.74 Å². The minimum Gasteiger partial charge on any atom is -0.464 e. The SMILES string of the molecule is c1cnc2c(c1)-c1cncnc1C1(CCOCC1)O2. The van der Waals surface area contributed by atoms with Gasteiger partial charge in [-0.05, 0) is 12.1 Å². The van der Waals surface area contributed by atoms with Gasteiger partial charge in [-0.2, -0.15) is 0 Å². The number of rotatable bonds is 0. The summed E-state index contributed by atoms with van der Waals surface area (Å²) in [5, 5.41) is 0. The molecule has 1 spiro atoms. The van der Waals surface area contributed by atoms with Gasteiger partial charge in [-0.25, -0.2) is 15.0 Å². The molecular weight excluding hydrogens is 242 g/mol. The summed E-state index contributed by atoms with van der Waals surface area (Å²) in [6.07, 6.45) is 6.78. The summed E-state index contributed by atoms with van der Waals surface area (Å²) in [4.78, 5) is 13.0. The lowest BCUT2D eigenvalue weighted by molar-refractivity contribution is -0.0564. The van der Waals surface area contributed by atoms with E-state index in [0.29, 0.717) is 19.1 Å². The molecular formula is C14H13N3O2. The quantitative estimate of drug-likeness (QED) is 0.720. The van der Waals surface area contributed by atoms with Crippen molar-refractivity contribution >= 4 is 0 Å². The summed E-state index contributed by atoms with van der Waals surface area (Å²) in [5.41, 5.74) is 2.55. The van der Waals surface area contributed by atoms with E-state index >= 15 is 0 Å². The number of nitrogens with zero attached hydrogens (tertiary/aromatic N) is 3. The van der Waals surface area contributed by atoms with E-state index in [1.807, 2.05) is 18.3 Å². The van der Waals surface area contributed by atoms with E-state index in [1.54, 1.807) is 12.5 Å². The van der Waals surface area contributed by atoms with Gasteiger partial charge in [0.25, 0.3) is 0 Å². The highest BCUT2D eigenvalue weighted by molar-refractivity contribution is 5.72. The average Bonchev–Trinajstić information content (AvgIpc) is 2.49. The highest BCUT2D eigenvalue weighted by Gasteiger charge is 2.44. The fourth-order valence-corrected chi connectivity index (χ4v) is 2.84. The maximum Gasteiger partial charge on any atom is 0.222 e. The van der Waals surface area contributed by atoms with Crippen LogP contribution in [0.2, 0.25) is 0 Å². The molecule has 2 aromatic heterocycles. The smallest absolute Gasteiger partial charge is 0.222 e. The number of aromatic nitrogens is 3. The van der Waals surface area contributed by atoms with Gasteiger partial charge in [0.15, 0.2) is 5.60 Å². The van der Waals surface area contributed by atoms with Gasteiger partial charge in [0.05, 0.1) is 18.9 Å². The summed E-state index contributed by atoms with van der Waals surface area (Å²) >= 11 is 0. The van der Waals surface area contributed by atoms with Crippen LogP contribution in [0.1, 0.15) is 18.5 Å². The molecule has 5 heteroatoms. The molecule has 0 amide bonds. The lowest BCUT2D eigenvalue weighted by Crippen LogP contribution is -2.42. The Labute approximate surface area is 110 Å². The van der Waals surface area contributed by atoms with Gasteiger partial charge in [-0.1, -0.05) is 0 Å². The van der Waals surface area contributed by atoms with E-state index in [4.69, 9.17) is 9.47 Å². The van der Waals surface area contributed by atoms with Crippen molar-refractivity contribution in [3.63, 3.8) is 0 Å². The van der Waals surface area contributed by atoms with Crippen LogP contribution in [0.4, 0.5) is 0 Å². The Hall–Kier alpha value is -2.01. The Balaban J connectivity index is 1.95. The molecule has 1 fully saturated rings. The predicted octanol–water partition coefficient (Wildman–Crippen LogP) is 1.94. The zero-order chi connectivity index (χ0) is 12.7. The summed E-state index contributed by atoms with van der Waals surface area (Å²) in [7, 11) is 0. The van der Waals surface area contributed by atoms with Crippen LogP contribution in [0.3, 0.4) is 0 Å². The number of fused-ring (bicyclic) bond motifs is 4. The van der Waals surface area contributed by atoms with Crippen LogP contribution in [-0.4, -0.2) is 28.2 Å². The molecule has 0 N–H and O–H groups in total. The fraction of sp³-hybridized carbons (Fsp3) is 0.357. The van der Waals surface area contributed by atoms with Crippen molar-refractivity contribution in [2.45, 2.75) is 18.4 Å². The van der Waals surface area contributed by atoms with Crippen LogP contribution >= 0.6 is 0 Å². The second-order valence-corrected chi connectivity index (χ2v) is 4.85. The molecule has 0 aromatic carbocycles. The molecule has 1 saturated heterocycles. The van der Waals surface area contributed by atoms with Crippen molar-refractivity contribution in [2.75, 3.05) is 13.2 Å². The van der Waals surface area contributed by atoms with E-state index in [9.17, 15) is 0 Å². The van der Waals surface area contributed by atoms with E-state index in [1.165, 1.54) is 0 Å².